The van der Waals surface area contributed by atoms with Crippen molar-refractivity contribution in [2.45, 2.75) is 50.5 Å². The van der Waals surface area contributed by atoms with Crippen molar-refractivity contribution in [3.8, 4) is 5.75 Å². The molecule has 4 saturated carbocycles. The van der Waals surface area contributed by atoms with E-state index >= 15 is 0 Å². The molecular weight excluding hydrogens is 432 g/mol. The third kappa shape index (κ3) is 4.18. The van der Waals surface area contributed by atoms with Crippen LogP contribution in [0.4, 0.5) is 22.7 Å². The predicted octanol–water partition coefficient (Wildman–Crippen LogP) is 7.17. The second-order valence-electron chi connectivity index (χ2n) is 11.2. The fourth-order valence-corrected chi connectivity index (χ4v) is 7.53. The lowest BCUT2D eigenvalue weighted by Crippen LogP contribution is -2.48. The van der Waals surface area contributed by atoms with Gasteiger partial charge in [0.15, 0.2) is 0 Å². The highest BCUT2D eigenvalue weighted by molar-refractivity contribution is 5.69. The van der Waals surface area contributed by atoms with Gasteiger partial charge in [0.25, 0.3) is 0 Å². The van der Waals surface area contributed by atoms with Crippen LogP contribution in [-0.2, 0) is 12.0 Å². The van der Waals surface area contributed by atoms with Gasteiger partial charge in [-0.15, -0.1) is 0 Å². The van der Waals surface area contributed by atoms with E-state index in [1.54, 1.807) is 12.7 Å². The zero-order chi connectivity index (χ0) is 24.0. The van der Waals surface area contributed by atoms with Gasteiger partial charge in [0.05, 0.1) is 13.7 Å². The molecule has 7 rings (SSSR count). The molecule has 3 aromatic carbocycles. The molecule has 4 fully saturated rings. The van der Waals surface area contributed by atoms with Crippen LogP contribution in [0.25, 0.3) is 0 Å². The van der Waals surface area contributed by atoms with E-state index in [1.807, 2.05) is 18.2 Å². The molecule has 2 N–H and O–H groups in total. The van der Waals surface area contributed by atoms with Crippen molar-refractivity contribution in [3.63, 3.8) is 0 Å². The van der Waals surface area contributed by atoms with Crippen molar-refractivity contribution in [2.75, 3.05) is 24.4 Å². The molecule has 4 bridgehead atoms. The van der Waals surface area contributed by atoms with Crippen molar-refractivity contribution in [1.82, 2.24) is 0 Å². The number of methoxy groups -OCH3 is 1. The van der Waals surface area contributed by atoms with Gasteiger partial charge in [-0.3, -0.25) is 0 Å². The smallest absolute Gasteiger partial charge is 0.119 e. The molecule has 182 valence electrons. The van der Waals surface area contributed by atoms with Crippen LogP contribution < -0.4 is 15.0 Å². The maximum absolute atomic E-state index is 9.72. The first-order valence-electron chi connectivity index (χ1n) is 13.0. The second kappa shape index (κ2) is 8.91. The number of aliphatic hydroxyl groups excluding tert-OH is 1. The third-order valence-corrected chi connectivity index (χ3v) is 8.92. The monoisotopic (exact) mass is 468 g/mol. The van der Waals surface area contributed by atoms with Gasteiger partial charge in [-0.2, -0.15) is 0 Å². The minimum atomic E-state index is -0.0421. The number of benzene rings is 3. The van der Waals surface area contributed by atoms with E-state index in [-0.39, 0.29) is 6.61 Å². The van der Waals surface area contributed by atoms with Crippen LogP contribution in [0.3, 0.4) is 0 Å². The highest BCUT2D eigenvalue weighted by Crippen LogP contribution is 2.60. The van der Waals surface area contributed by atoms with E-state index in [0.29, 0.717) is 5.41 Å². The van der Waals surface area contributed by atoms with Gasteiger partial charge < -0.3 is 20.1 Å². The molecule has 0 saturated heterocycles. The Balaban J connectivity index is 1.16. The Hall–Kier alpha value is -2.98. The zero-order valence-corrected chi connectivity index (χ0v) is 20.8. The molecule has 3 aromatic rings. The standard InChI is InChI=1S/C31H36N2O2/c1-33(28-9-5-26(6-10-28)32-30-12-11-29(35-2)16-24(30)20-34)27-7-3-25(4-8-27)31-17-21-13-22(18-31)15-23(14-21)19-31/h3-12,16,21-23,32,34H,13-15,17-20H2,1-2H3. The fourth-order valence-electron chi connectivity index (χ4n) is 7.53. The molecule has 4 aliphatic rings. The summed E-state index contributed by atoms with van der Waals surface area (Å²) in [5.41, 5.74) is 7.08. The maximum Gasteiger partial charge on any atom is 0.119 e. The number of hydrogen-bond acceptors (Lipinski definition) is 4. The fraction of sp³-hybridized carbons (Fsp3) is 0.419. The van der Waals surface area contributed by atoms with Crippen molar-refractivity contribution in [3.05, 3.63) is 77.9 Å². The van der Waals surface area contributed by atoms with Crippen LogP contribution in [0.1, 0.15) is 49.7 Å². The maximum atomic E-state index is 9.72. The number of nitrogens with one attached hydrogen (secondary N) is 1. The summed E-state index contributed by atoms with van der Waals surface area (Å²) in [5, 5.41) is 13.1. The Morgan fingerprint density at radius 1 is 0.857 bits per heavy atom. The number of aliphatic hydroxyl groups is 1. The third-order valence-electron chi connectivity index (χ3n) is 8.92. The molecule has 0 amide bonds. The second-order valence-corrected chi connectivity index (χ2v) is 11.2. The van der Waals surface area contributed by atoms with Gasteiger partial charge in [-0.25, -0.2) is 0 Å². The molecule has 4 aliphatic carbocycles. The van der Waals surface area contributed by atoms with Crippen molar-refractivity contribution in [2.24, 2.45) is 17.8 Å². The molecule has 0 spiro atoms. The molecule has 0 aromatic heterocycles. The van der Waals surface area contributed by atoms with Crippen LogP contribution in [0.5, 0.6) is 5.75 Å². The molecule has 0 aliphatic heterocycles. The quantitative estimate of drug-likeness (QED) is 0.386. The minimum absolute atomic E-state index is 0.0421. The number of rotatable bonds is 7. The summed E-state index contributed by atoms with van der Waals surface area (Å²) in [5.74, 6) is 3.66. The number of hydrogen-bond donors (Lipinski definition) is 2. The van der Waals surface area contributed by atoms with Gasteiger partial charge in [0.2, 0.25) is 0 Å². The number of nitrogens with zero attached hydrogens (tertiary/aromatic N) is 1. The summed E-state index contributed by atoms with van der Waals surface area (Å²) in [6, 6.07) is 23.6. The predicted molar refractivity (Wildman–Crippen MR) is 143 cm³/mol. The highest BCUT2D eigenvalue weighted by Gasteiger charge is 2.51. The van der Waals surface area contributed by atoms with Gasteiger partial charge in [-0.05, 0) is 122 Å². The van der Waals surface area contributed by atoms with Crippen molar-refractivity contribution >= 4 is 22.7 Å². The number of ether oxygens (including phenoxy) is 1. The zero-order valence-electron chi connectivity index (χ0n) is 20.8. The lowest BCUT2D eigenvalue weighted by molar-refractivity contribution is -0.00518. The minimum Gasteiger partial charge on any atom is -0.497 e. The first-order chi connectivity index (χ1) is 17.0. The first-order valence-corrected chi connectivity index (χ1v) is 13.0. The molecule has 4 heteroatoms. The topological polar surface area (TPSA) is 44.7 Å². The number of anilines is 4. The van der Waals surface area contributed by atoms with E-state index in [1.165, 1.54) is 44.2 Å². The van der Waals surface area contributed by atoms with Gasteiger partial charge in [0.1, 0.15) is 5.75 Å². The summed E-state index contributed by atoms with van der Waals surface area (Å²) in [6.07, 6.45) is 8.71. The van der Waals surface area contributed by atoms with Gasteiger partial charge in [-0.1, -0.05) is 12.1 Å². The Labute approximate surface area is 208 Å². The molecule has 4 nitrogen and oxygen atoms in total. The van der Waals surface area contributed by atoms with E-state index in [9.17, 15) is 5.11 Å². The molecular formula is C31H36N2O2. The molecule has 0 radical (unpaired) electrons. The largest absolute Gasteiger partial charge is 0.497 e. The first kappa shape index (κ1) is 22.5. The van der Waals surface area contributed by atoms with Crippen LogP contribution in [-0.4, -0.2) is 19.3 Å². The highest BCUT2D eigenvalue weighted by atomic mass is 16.5. The van der Waals surface area contributed by atoms with Crippen LogP contribution in [0, 0.1) is 17.8 Å². The lowest BCUT2D eigenvalue weighted by atomic mass is 9.48. The normalized spacial score (nSPS) is 26.5. The Morgan fingerprint density at radius 3 is 1.97 bits per heavy atom. The summed E-state index contributed by atoms with van der Waals surface area (Å²) in [6.45, 7) is -0.0421. The summed E-state index contributed by atoms with van der Waals surface area (Å²) >= 11 is 0. The summed E-state index contributed by atoms with van der Waals surface area (Å²) in [7, 11) is 3.77. The average molecular weight is 469 g/mol. The SMILES string of the molecule is COc1ccc(Nc2ccc(N(C)c3ccc(C45CC6CC(CC(C6)C4)C5)cc3)cc2)c(CO)c1. The van der Waals surface area contributed by atoms with E-state index in [2.05, 4.69) is 65.8 Å². The molecule has 0 atom stereocenters. The Bertz CT molecular complexity index is 1150. The Kier molecular flexibility index (Phi) is 5.72. The molecule has 0 heterocycles. The van der Waals surface area contributed by atoms with Crippen LogP contribution >= 0.6 is 0 Å². The summed E-state index contributed by atoms with van der Waals surface area (Å²) in [4.78, 5) is 2.25. The average Bonchev–Trinajstić information content (AvgIpc) is 2.88. The van der Waals surface area contributed by atoms with Gasteiger partial charge >= 0.3 is 0 Å². The lowest BCUT2D eigenvalue weighted by Gasteiger charge is -2.57. The summed E-state index contributed by atoms with van der Waals surface area (Å²) < 4.78 is 5.27. The van der Waals surface area contributed by atoms with Crippen LogP contribution in [0.2, 0.25) is 0 Å². The van der Waals surface area contributed by atoms with Gasteiger partial charge in [0, 0.05) is 35.4 Å². The van der Waals surface area contributed by atoms with E-state index < -0.39 is 0 Å². The van der Waals surface area contributed by atoms with E-state index in [4.69, 9.17) is 4.74 Å². The van der Waals surface area contributed by atoms with Crippen molar-refractivity contribution < 1.29 is 9.84 Å². The van der Waals surface area contributed by atoms with E-state index in [0.717, 1.165) is 46.1 Å². The Morgan fingerprint density at radius 2 is 1.43 bits per heavy atom. The molecule has 35 heavy (non-hydrogen) atoms. The van der Waals surface area contributed by atoms with Crippen molar-refractivity contribution in [1.29, 1.82) is 0 Å². The van der Waals surface area contributed by atoms with Crippen LogP contribution in [0.15, 0.2) is 66.7 Å². The molecule has 0 unspecified atom stereocenters.